The Labute approximate surface area is 117 Å². The SMILES string of the molecule is CCN(CC)CCNC(CO)c1cc(C)cc(C)c1. The van der Waals surface area contributed by atoms with E-state index in [1.165, 1.54) is 16.7 Å². The topological polar surface area (TPSA) is 35.5 Å². The molecule has 3 heteroatoms. The van der Waals surface area contributed by atoms with Crippen molar-refractivity contribution in [1.82, 2.24) is 10.2 Å². The van der Waals surface area contributed by atoms with Gasteiger partial charge in [0, 0.05) is 13.1 Å². The van der Waals surface area contributed by atoms with E-state index in [1.807, 2.05) is 0 Å². The van der Waals surface area contributed by atoms with Crippen molar-refractivity contribution in [3.05, 3.63) is 34.9 Å². The van der Waals surface area contributed by atoms with Crippen LogP contribution in [0.1, 0.15) is 36.6 Å². The highest BCUT2D eigenvalue weighted by Gasteiger charge is 2.10. The van der Waals surface area contributed by atoms with Crippen LogP contribution in [0.5, 0.6) is 0 Å². The summed E-state index contributed by atoms with van der Waals surface area (Å²) in [6.45, 7) is 12.8. The molecule has 0 bridgehead atoms. The molecule has 1 rings (SSSR count). The molecule has 108 valence electrons. The summed E-state index contributed by atoms with van der Waals surface area (Å²) in [7, 11) is 0. The van der Waals surface area contributed by atoms with Crippen molar-refractivity contribution in [2.24, 2.45) is 0 Å². The first-order valence-corrected chi connectivity index (χ1v) is 7.25. The summed E-state index contributed by atoms with van der Waals surface area (Å²) in [5.74, 6) is 0. The highest BCUT2D eigenvalue weighted by Crippen LogP contribution is 2.16. The normalized spacial score (nSPS) is 12.9. The van der Waals surface area contributed by atoms with Crippen LogP contribution in [0.25, 0.3) is 0 Å². The van der Waals surface area contributed by atoms with E-state index in [-0.39, 0.29) is 12.6 Å². The van der Waals surface area contributed by atoms with Gasteiger partial charge in [-0.3, -0.25) is 0 Å². The largest absolute Gasteiger partial charge is 0.394 e. The molecule has 0 aliphatic heterocycles. The summed E-state index contributed by atoms with van der Waals surface area (Å²) in [5.41, 5.74) is 3.68. The molecule has 1 aromatic rings. The number of hydrogen-bond acceptors (Lipinski definition) is 3. The lowest BCUT2D eigenvalue weighted by molar-refractivity contribution is 0.233. The molecule has 2 N–H and O–H groups in total. The minimum atomic E-state index is 0.0363. The number of aliphatic hydroxyl groups is 1. The third-order valence-corrected chi connectivity index (χ3v) is 3.54. The first-order chi connectivity index (χ1) is 9.10. The second-order valence-corrected chi connectivity index (χ2v) is 5.14. The van der Waals surface area contributed by atoms with E-state index in [0.29, 0.717) is 0 Å². The Morgan fingerprint density at radius 1 is 1.11 bits per heavy atom. The van der Waals surface area contributed by atoms with E-state index in [9.17, 15) is 5.11 Å². The Bertz CT molecular complexity index is 355. The molecule has 0 radical (unpaired) electrons. The Morgan fingerprint density at radius 3 is 2.16 bits per heavy atom. The van der Waals surface area contributed by atoms with E-state index in [4.69, 9.17) is 0 Å². The predicted molar refractivity (Wildman–Crippen MR) is 81.5 cm³/mol. The summed E-state index contributed by atoms with van der Waals surface area (Å²) in [6, 6.07) is 6.50. The minimum absolute atomic E-state index is 0.0363. The molecule has 0 aliphatic carbocycles. The van der Waals surface area contributed by atoms with Gasteiger partial charge in [-0.1, -0.05) is 43.2 Å². The summed E-state index contributed by atoms with van der Waals surface area (Å²) in [6.07, 6.45) is 0. The number of likely N-dealkylation sites (N-methyl/N-ethyl adjacent to an activating group) is 1. The molecule has 3 nitrogen and oxygen atoms in total. The van der Waals surface area contributed by atoms with Gasteiger partial charge in [0.15, 0.2) is 0 Å². The van der Waals surface area contributed by atoms with Gasteiger partial charge in [0.05, 0.1) is 12.6 Å². The number of nitrogens with zero attached hydrogens (tertiary/aromatic N) is 1. The Kier molecular flexibility index (Phi) is 7.06. The standard InChI is InChI=1S/C16H28N2O/c1-5-18(6-2)8-7-17-16(12-19)15-10-13(3)9-14(4)11-15/h9-11,16-17,19H,5-8,12H2,1-4H3. The molecular weight excluding hydrogens is 236 g/mol. The number of nitrogens with one attached hydrogen (secondary N) is 1. The zero-order chi connectivity index (χ0) is 14.3. The fourth-order valence-electron chi connectivity index (χ4n) is 2.44. The van der Waals surface area contributed by atoms with Crippen LogP contribution in [0.2, 0.25) is 0 Å². The minimum Gasteiger partial charge on any atom is -0.394 e. The van der Waals surface area contributed by atoms with Crippen molar-refractivity contribution in [3.8, 4) is 0 Å². The molecule has 0 fully saturated rings. The molecular formula is C16H28N2O. The van der Waals surface area contributed by atoms with E-state index in [1.54, 1.807) is 0 Å². The van der Waals surface area contributed by atoms with Gasteiger partial charge in [-0.15, -0.1) is 0 Å². The van der Waals surface area contributed by atoms with Crippen molar-refractivity contribution >= 4 is 0 Å². The lowest BCUT2D eigenvalue weighted by Crippen LogP contribution is -2.34. The van der Waals surface area contributed by atoms with E-state index < -0.39 is 0 Å². The van der Waals surface area contributed by atoms with Gasteiger partial charge in [-0.2, -0.15) is 0 Å². The second-order valence-electron chi connectivity index (χ2n) is 5.14. The van der Waals surface area contributed by atoms with Crippen molar-refractivity contribution in [2.45, 2.75) is 33.7 Å². The Balaban J connectivity index is 2.58. The molecule has 0 aliphatic rings. The van der Waals surface area contributed by atoms with Gasteiger partial charge in [-0.25, -0.2) is 0 Å². The third-order valence-electron chi connectivity index (χ3n) is 3.54. The highest BCUT2D eigenvalue weighted by atomic mass is 16.3. The first kappa shape index (κ1) is 16.2. The molecule has 0 amide bonds. The van der Waals surface area contributed by atoms with E-state index in [2.05, 4.69) is 56.1 Å². The molecule has 0 aromatic heterocycles. The van der Waals surface area contributed by atoms with Gasteiger partial charge in [0.2, 0.25) is 0 Å². The quantitative estimate of drug-likeness (QED) is 0.756. The summed E-state index contributed by atoms with van der Waals surface area (Å²) in [5, 5.41) is 13.0. The van der Waals surface area contributed by atoms with Crippen molar-refractivity contribution < 1.29 is 5.11 Å². The monoisotopic (exact) mass is 264 g/mol. The predicted octanol–water partition coefficient (Wildman–Crippen LogP) is 2.27. The van der Waals surface area contributed by atoms with Crippen LogP contribution in [0.3, 0.4) is 0 Å². The van der Waals surface area contributed by atoms with Crippen LogP contribution in [0.15, 0.2) is 18.2 Å². The highest BCUT2D eigenvalue weighted by molar-refractivity contribution is 5.30. The number of aryl methyl sites for hydroxylation is 2. The van der Waals surface area contributed by atoms with Crippen LogP contribution in [-0.2, 0) is 0 Å². The lowest BCUT2D eigenvalue weighted by atomic mass is 10.0. The van der Waals surface area contributed by atoms with E-state index in [0.717, 1.165) is 26.2 Å². The van der Waals surface area contributed by atoms with Gasteiger partial charge in [-0.05, 0) is 32.5 Å². The average molecular weight is 264 g/mol. The van der Waals surface area contributed by atoms with Crippen LogP contribution in [0.4, 0.5) is 0 Å². The molecule has 1 unspecified atom stereocenters. The van der Waals surface area contributed by atoms with Crippen molar-refractivity contribution in [1.29, 1.82) is 0 Å². The maximum Gasteiger partial charge on any atom is 0.0626 e. The molecule has 0 heterocycles. The zero-order valence-electron chi connectivity index (χ0n) is 12.7. The van der Waals surface area contributed by atoms with E-state index >= 15 is 0 Å². The molecule has 1 aromatic carbocycles. The van der Waals surface area contributed by atoms with Gasteiger partial charge in [0.25, 0.3) is 0 Å². The molecule has 0 saturated carbocycles. The second kappa shape index (κ2) is 8.31. The van der Waals surface area contributed by atoms with Crippen LogP contribution < -0.4 is 5.32 Å². The van der Waals surface area contributed by atoms with Gasteiger partial charge < -0.3 is 15.3 Å². The number of hydrogen-bond donors (Lipinski definition) is 2. The molecule has 19 heavy (non-hydrogen) atoms. The number of rotatable bonds is 8. The molecule has 1 atom stereocenters. The van der Waals surface area contributed by atoms with Crippen LogP contribution >= 0.6 is 0 Å². The summed E-state index contributed by atoms with van der Waals surface area (Å²) >= 11 is 0. The van der Waals surface area contributed by atoms with Gasteiger partial charge in [0.1, 0.15) is 0 Å². The fraction of sp³-hybridized carbons (Fsp3) is 0.625. The summed E-state index contributed by atoms with van der Waals surface area (Å²) in [4.78, 5) is 2.38. The number of benzene rings is 1. The maximum absolute atomic E-state index is 9.56. The molecule has 0 spiro atoms. The smallest absolute Gasteiger partial charge is 0.0626 e. The number of aliphatic hydroxyl groups excluding tert-OH is 1. The first-order valence-electron chi connectivity index (χ1n) is 7.25. The van der Waals surface area contributed by atoms with Crippen LogP contribution in [0, 0.1) is 13.8 Å². The summed E-state index contributed by atoms with van der Waals surface area (Å²) < 4.78 is 0. The van der Waals surface area contributed by atoms with Crippen LogP contribution in [-0.4, -0.2) is 42.8 Å². The fourth-order valence-corrected chi connectivity index (χ4v) is 2.44. The van der Waals surface area contributed by atoms with Crippen molar-refractivity contribution in [3.63, 3.8) is 0 Å². The van der Waals surface area contributed by atoms with Crippen molar-refractivity contribution in [2.75, 3.05) is 32.8 Å². The molecule has 0 saturated heterocycles. The zero-order valence-corrected chi connectivity index (χ0v) is 12.7. The Hall–Kier alpha value is -0.900. The maximum atomic E-state index is 9.56. The van der Waals surface area contributed by atoms with Gasteiger partial charge >= 0.3 is 0 Å². The average Bonchev–Trinajstić information content (AvgIpc) is 2.38. The lowest BCUT2D eigenvalue weighted by Gasteiger charge is -2.22. The third kappa shape index (κ3) is 5.31. The Morgan fingerprint density at radius 2 is 1.68 bits per heavy atom.